The van der Waals surface area contributed by atoms with Gasteiger partial charge in [0.25, 0.3) is 0 Å². The van der Waals surface area contributed by atoms with Gasteiger partial charge in [-0.2, -0.15) is 0 Å². The van der Waals surface area contributed by atoms with Crippen LogP contribution in [0.15, 0.2) is 34.9 Å². The van der Waals surface area contributed by atoms with Crippen LogP contribution in [0.4, 0.5) is 14.6 Å². The number of rotatable bonds is 1. The van der Waals surface area contributed by atoms with Crippen LogP contribution < -0.4 is 5.73 Å². The van der Waals surface area contributed by atoms with Crippen LogP contribution in [0.5, 0.6) is 0 Å². The van der Waals surface area contributed by atoms with Crippen molar-refractivity contribution in [2.45, 2.75) is 0 Å². The first-order valence-electron chi connectivity index (χ1n) is 4.44. The van der Waals surface area contributed by atoms with Crippen LogP contribution in [0.1, 0.15) is 0 Å². The Morgan fingerprint density at radius 1 is 1.19 bits per heavy atom. The average molecular weight is 285 g/mol. The van der Waals surface area contributed by atoms with Gasteiger partial charge in [-0.05, 0) is 34.1 Å². The summed E-state index contributed by atoms with van der Waals surface area (Å²) in [7, 11) is 0. The number of hydrogen-bond donors (Lipinski definition) is 1. The molecule has 0 aliphatic carbocycles. The summed E-state index contributed by atoms with van der Waals surface area (Å²) in [6, 6.07) is 5.03. The van der Waals surface area contributed by atoms with Crippen LogP contribution in [-0.2, 0) is 0 Å². The molecule has 2 N–H and O–H groups in total. The lowest BCUT2D eigenvalue weighted by molar-refractivity contribution is 0.585. The fourth-order valence-electron chi connectivity index (χ4n) is 1.32. The normalized spacial score (nSPS) is 10.4. The van der Waals surface area contributed by atoms with E-state index in [0.717, 1.165) is 6.07 Å². The standard InChI is InChI=1S/C11H7BrF2N2/c12-9-3-6(5-16-11(9)15)8-2-1-7(13)4-10(8)14/h1-5H,(H2,15,16). The molecule has 0 saturated heterocycles. The Balaban J connectivity index is 2.54. The molecule has 1 aromatic carbocycles. The van der Waals surface area contributed by atoms with Crippen molar-refractivity contribution in [3.8, 4) is 11.1 Å². The van der Waals surface area contributed by atoms with E-state index in [-0.39, 0.29) is 5.56 Å². The molecule has 0 radical (unpaired) electrons. The van der Waals surface area contributed by atoms with Crippen LogP contribution in [0.25, 0.3) is 11.1 Å². The van der Waals surface area contributed by atoms with Crippen molar-refractivity contribution in [3.63, 3.8) is 0 Å². The monoisotopic (exact) mass is 284 g/mol. The lowest BCUT2D eigenvalue weighted by Gasteiger charge is -2.05. The third kappa shape index (κ3) is 2.04. The molecule has 0 aliphatic heterocycles. The minimum Gasteiger partial charge on any atom is -0.383 e. The number of nitrogens with zero attached hydrogens (tertiary/aromatic N) is 1. The van der Waals surface area contributed by atoms with Crippen molar-refractivity contribution in [2.24, 2.45) is 0 Å². The molecule has 16 heavy (non-hydrogen) atoms. The molecule has 0 fully saturated rings. The third-order valence-electron chi connectivity index (χ3n) is 2.11. The van der Waals surface area contributed by atoms with Crippen LogP contribution in [0.2, 0.25) is 0 Å². The maximum absolute atomic E-state index is 13.5. The molecule has 82 valence electrons. The average Bonchev–Trinajstić information content (AvgIpc) is 2.22. The zero-order valence-electron chi connectivity index (χ0n) is 8.05. The topological polar surface area (TPSA) is 38.9 Å². The van der Waals surface area contributed by atoms with Crippen molar-refractivity contribution < 1.29 is 8.78 Å². The molecular weight excluding hydrogens is 278 g/mol. The first-order chi connectivity index (χ1) is 7.58. The Morgan fingerprint density at radius 3 is 2.56 bits per heavy atom. The zero-order valence-corrected chi connectivity index (χ0v) is 9.63. The largest absolute Gasteiger partial charge is 0.383 e. The molecule has 5 heteroatoms. The number of nitrogen functional groups attached to an aromatic ring is 1. The molecule has 1 aromatic heterocycles. The Kier molecular flexibility index (Phi) is 2.87. The highest BCUT2D eigenvalue weighted by molar-refractivity contribution is 9.10. The number of anilines is 1. The first-order valence-corrected chi connectivity index (χ1v) is 5.23. The molecule has 0 atom stereocenters. The van der Waals surface area contributed by atoms with E-state index >= 15 is 0 Å². The Morgan fingerprint density at radius 2 is 1.94 bits per heavy atom. The summed E-state index contributed by atoms with van der Waals surface area (Å²) in [5.41, 5.74) is 6.34. The second kappa shape index (κ2) is 4.17. The summed E-state index contributed by atoms with van der Waals surface area (Å²) in [4.78, 5) is 3.89. The Bertz CT molecular complexity index is 544. The summed E-state index contributed by atoms with van der Waals surface area (Å²) in [6.45, 7) is 0. The molecule has 2 rings (SSSR count). The van der Waals surface area contributed by atoms with Crippen LogP contribution in [0, 0.1) is 11.6 Å². The van der Waals surface area contributed by atoms with Crippen molar-refractivity contribution in [3.05, 3.63) is 46.6 Å². The minimum absolute atomic E-state index is 0.287. The fourth-order valence-corrected chi connectivity index (χ4v) is 1.67. The highest BCUT2D eigenvalue weighted by Crippen LogP contribution is 2.27. The highest BCUT2D eigenvalue weighted by Gasteiger charge is 2.08. The van der Waals surface area contributed by atoms with E-state index in [9.17, 15) is 8.78 Å². The van der Waals surface area contributed by atoms with Gasteiger partial charge in [0.15, 0.2) is 0 Å². The van der Waals surface area contributed by atoms with Gasteiger partial charge in [-0.3, -0.25) is 0 Å². The second-order valence-electron chi connectivity index (χ2n) is 3.22. The van der Waals surface area contributed by atoms with Crippen molar-refractivity contribution in [1.29, 1.82) is 0 Å². The summed E-state index contributed by atoms with van der Waals surface area (Å²) < 4.78 is 26.8. The van der Waals surface area contributed by atoms with E-state index in [1.165, 1.54) is 18.3 Å². The zero-order chi connectivity index (χ0) is 11.7. The molecule has 0 bridgehead atoms. The first kappa shape index (κ1) is 11.0. The Labute approximate surface area is 99.2 Å². The predicted molar refractivity (Wildman–Crippen MR) is 61.7 cm³/mol. The lowest BCUT2D eigenvalue weighted by atomic mass is 10.1. The molecule has 2 aromatic rings. The molecule has 2 nitrogen and oxygen atoms in total. The molecular formula is C11H7BrF2N2. The number of benzene rings is 1. The summed E-state index contributed by atoms with van der Waals surface area (Å²) in [5.74, 6) is -0.909. The summed E-state index contributed by atoms with van der Waals surface area (Å²) in [6.07, 6.45) is 1.44. The highest BCUT2D eigenvalue weighted by atomic mass is 79.9. The van der Waals surface area contributed by atoms with Gasteiger partial charge in [0.05, 0.1) is 4.47 Å². The van der Waals surface area contributed by atoms with Crippen LogP contribution in [-0.4, -0.2) is 4.98 Å². The van der Waals surface area contributed by atoms with E-state index < -0.39 is 11.6 Å². The summed E-state index contributed by atoms with van der Waals surface area (Å²) >= 11 is 3.20. The fraction of sp³-hybridized carbons (Fsp3) is 0. The SMILES string of the molecule is Nc1ncc(-c2ccc(F)cc2F)cc1Br. The number of aromatic nitrogens is 1. The summed E-state index contributed by atoms with van der Waals surface area (Å²) in [5, 5.41) is 0. The molecule has 0 unspecified atom stereocenters. The van der Waals surface area contributed by atoms with Gasteiger partial charge < -0.3 is 5.73 Å². The number of nitrogens with two attached hydrogens (primary N) is 1. The number of halogens is 3. The molecule has 0 aliphatic rings. The minimum atomic E-state index is -0.626. The van der Waals surface area contributed by atoms with Gasteiger partial charge in [-0.15, -0.1) is 0 Å². The third-order valence-corrected chi connectivity index (χ3v) is 2.75. The van der Waals surface area contributed by atoms with Crippen molar-refractivity contribution in [1.82, 2.24) is 4.98 Å². The smallest absolute Gasteiger partial charge is 0.137 e. The molecule has 0 amide bonds. The van der Waals surface area contributed by atoms with E-state index in [0.29, 0.717) is 15.9 Å². The molecule has 0 saturated carbocycles. The van der Waals surface area contributed by atoms with Gasteiger partial charge >= 0.3 is 0 Å². The van der Waals surface area contributed by atoms with Crippen LogP contribution >= 0.6 is 15.9 Å². The molecule has 1 heterocycles. The maximum atomic E-state index is 13.5. The van der Waals surface area contributed by atoms with Gasteiger partial charge in [-0.1, -0.05) is 0 Å². The van der Waals surface area contributed by atoms with E-state index in [1.807, 2.05) is 0 Å². The van der Waals surface area contributed by atoms with E-state index in [4.69, 9.17) is 5.73 Å². The predicted octanol–water partition coefficient (Wildman–Crippen LogP) is 3.37. The quantitative estimate of drug-likeness (QED) is 0.872. The number of hydrogen-bond acceptors (Lipinski definition) is 2. The van der Waals surface area contributed by atoms with Gasteiger partial charge in [-0.25, -0.2) is 13.8 Å². The maximum Gasteiger partial charge on any atom is 0.137 e. The van der Waals surface area contributed by atoms with Gasteiger partial charge in [0.1, 0.15) is 17.5 Å². The van der Waals surface area contributed by atoms with E-state index in [2.05, 4.69) is 20.9 Å². The van der Waals surface area contributed by atoms with Gasteiger partial charge in [0, 0.05) is 23.4 Å². The molecule has 0 spiro atoms. The van der Waals surface area contributed by atoms with Crippen molar-refractivity contribution in [2.75, 3.05) is 5.73 Å². The van der Waals surface area contributed by atoms with Gasteiger partial charge in [0.2, 0.25) is 0 Å². The number of pyridine rings is 1. The lowest BCUT2D eigenvalue weighted by Crippen LogP contribution is -1.93. The van der Waals surface area contributed by atoms with Crippen molar-refractivity contribution >= 4 is 21.7 Å². The van der Waals surface area contributed by atoms with E-state index in [1.54, 1.807) is 6.07 Å². The Hall–Kier alpha value is -1.49. The second-order valence-corrected chi connectivity index (χ2v) is 4.07. The van der Waals surface area contributed by atoms with Crippen LogP contribution in [0.3, 0.4) is 0 Å².